The predicted molar refractivity (Wildman–Crippen MR) is 122 cm³/mol. The number of hydrogen-bond acceptors (Lipinski definition) is 4. The van der Waals surface area contributed by atoms with Crippen LogP contribution in [0, 0.1) is 6.92 Å². The van der Waals surface area contributed by atoms with Gasteiger partial charge in [-0.1, -0.05) is 48.0 Å². The fourth-order valence-corrected chi connectivity index (χ4v) is 4.23. The van der Waals surface area contributed by atoms with E-state index in [9.17, 15) is 9.59 Å². The number of para-hydroxylation sites is 1. The van der Waals surface area contributed by atoms with E-state index in [1.807, 2.05) is 55.5 Å². The van der Waals surface area contributed by atoms with Crippen molar-refractivity contribution in [2.45, 2.75) is 6.92 Å². The number of fused-ring (bicyclic) bond motifs is 2. The molecule has 0 unspecified atom stereocenters. The van der Waals surface area contributed by atoms with Crippen molar-refractivity contribution in [1.29, 1.82) is 0 Å². The van der Waals surface area contributed by atoms with Crippen molar-refractivity contribution in [1.82, 2.24) is 23.9 Å². The van der Waals surface area contributed by atoms with Crippen LogP contribution in [0.25, 0.3) is 38.9 Å². The lowest BCUT2D eigenvalue weighted by Crippen LogP contribution is -2.37. The molecule has 0 aliphatic heterocycles. The van der Waals surface area contributed by atoms with E-state index in [0.29, 0.717) is 32.9 Å². The molecule has 0 aliphatic rings. The maximum Gasteiger partial charge on any atom is 0.332 e. The van der Waals surface area contributed by atoms with Crippen LogP contribution in [0.15, 0.2) is 64.2 Å². The summed E-state index contributed by atoms with van der Waals surface area (Å²) in [6.45, 7) is 1.88. The Morgan fingerprint density at radius 2 is 1.52 bits per heavy atom. The van der Waals surface area contributed by atoms with E-state index >= 15 is 0 Å². The van der Waals surface area contributed by atoms with Crippen LogP contribution in [0.4, 0.5) is 0 Å². The molecule has 0 N–H and O–H groups in total. The van der Waals surface area contributed by atoms with Crippen molar-refractivity contribution in [2.75, 3.05) is 0 Å². The third-order valence-corrected chi connectivity index (χ3v) is 5.86. The summed E-state index contributed by atoms with van der Waals surface area (Å²) < 4.78 is 4.20. The van der Waals surface area contributed by atoms with E-state index in [1.165, 1.54) is 11.6 Å². The zero-order valence-electron chi connectivity index (χ0n) is 17.1. The molecule has 31 heavy (non-hydrogen) atoms. The molecule has 0 radical (unpaired) electrons. The van der Waals surface area contributed by atoms with E-state index in [1.54, 1.807) is 17.8 Å². The molecule has 0 saturated carbocycles. The molecule has 5 rings (SSSR count). The van der Waals surface area contributed by atoms with E-state index in [0.717, 1.165) is 15.6 Å². The molecule has 0 amide bonds. The monoisotopic (exact) mass is 431 g/mol. The standard InChI is InChI=1S/C23H18ClN5O2/c1-13-17-18(15-11-7-8-12-16(15)24)19-20(27(2)23(31)28(3)22(19)30)25-21(17)29(26-13)14-9-5-4-6-10-14/h4-12H,1-3H3. The summed E-state index contributed by atoms with van der Waals surface area (Å²) >= 11 is 6.57. The highest BCUT2D eigenvalue weighted by Crippen LogP contribution is 2.38. The number of rotatable bonds is 2. The smallest absolute Gasteiger partial charge is 0.280 e. The molecule has 0 fully saturated rings. The first-order valence-corrected chi connectivity index (χ1v) is 10.1. The van der Waals surface area contributed by atoms with Gasteiger partial charge in [0.2, 0.25) is 0 Å². The van der Waals surface area contributed by atoms with Crippen molar-refractivity contribution >= 4 is 33.7 Å². The topological polar surface area (TPSA) is 74.7 Å². The van der Waals surface area contributed by atoms with Gasteiger partial charge in [0.05, 0.1) is 22.2 Å². The van der Waals surface area contributed by atoms with Gasteiger partial charge >= 0.3 is 5.69 Å². The minimum atomic E-state index is -0.447. The first-order valence-electron chi connectivity index (χ1n) is 9.69. The van der Waals surface area contributed by atoms with Gasteiger partial charge in [-0.3, -0.25) is 13.9 Å². The third-order valence-electron chi connectivity index (χ3n) is 5.53. The molecular formula is C23H18ClN5O2. The molecule has 0 bridgehead atoms. The lowest BCUT2D eigenvalue weighted by atomic mass is 9.98. The van der Waals surface area contributed by atoms with Gasteiger partial charge in [-0.15, -0.1) is 0 Å². The lowest BCUT2D eigenvalue weighted by Gasteiger charge is -2.14. The Morgan fingerprint density at radius 3 is 2.23 bits per heavy atom. The quantitative estimate of drug-likeness (QED) is 0.428. The Bertz CT molecular complexity index is 1610. The Kier molecular flexibility index (Phi) is 4.30. The second-order valence-corrected chi connectivity index (χ2v) is 7.81. The minimum absolute atomic E-state index is 0.285. The van der Waals surface area contributed by atoms with Crippen LogP contribution >= 0.6 is 11.6 Å². The molecule has 8 heteroatoms. The van der Waals surface area contributed by atoms with Crippen molar-refractivity contribution in [3.63, 3.8) is 0 Å². The average molecular weight is 432 g/mol. The molecule has 0 saturated heterocycles. The van der Waals surface area contributed by atoms with Gasteiger partial charge in [-0.2, -0.15) is 5.10 Å². The number of aromatic nitrogens is 5. The molecule has 5 aromatic rings. The molecule has 3 heterocycles. The molecule has 0 spiro atoms. The van der Waals surface area contributed by atoms with Crippen LogP contribution < -0.4 is 11.2 Å². The highest BCUT2D eigenvalue weighted by molar-refractivity contribution is 6.34. The number of hydrogen-bond donors (Lipinski definition) is 0. The molecule has 7 nitrogen and oxygen atoms in total. The van der Waals surface area contributed by atoms with Crippen molar-refractivity contribution < 1.29 is 0 Å². The van der Waals surface area contributed by atoms with Crippen molar-refractivity contribution in [2.24, 2.45) is 14.1 Å². The maximum absolute atomic E-state index is 13.3. The van der Waals surface area contributed by atoms with Crippen LogP contribution in [-0.4, -0.2) is 23.9 Å². The Balaban J connectivity index is 2.10. The zero-order chi connectivity index (χ0) is 21.9. The minimum Gasteiger partial charge on any atom is -0.280 e. The molecule has 0 atom stereocenters. The molecule has 154 valence electrons. The fraction of sp³-hybridized carbons (Fsp3) is 0.130. The van der Waals surface area contributed by atoms with Gasteiger partial charge in [0, 0.05) is 30.2 Å². The van der Waals surface area contributed by atoms with Crippen molar-refractivity contribution in [3.05, 3.63) is 86.2 Å². The highest BCUT2D eigenvalue weighted by atomic mass is 35.5. The Labute approximate surface area is 181 Å². The van der Waals surface area contributed by atoms with Gasteiger partial charge in [0.15, 0.2) is 11.3 Å². The third kappa shape index (κ3) is 2.74. The Hall–Kier alpha value is -3.71. The van der Waals surface area contributed by atoms with Crippen LogP contribution in [0.1, 0.15) is 5.69 Å². The number of pyridine rings is 1. The highest BCUT2D eigenvalue weighted by Gasteiger charge is 2.24. The molecular weight excluding hydrogens is 414 g/mol. The summed E-state index contributed by atoms with van der Waals surface area (Å²) in [6.07, 6.45) is 0. The van der Waals surface area contributed by atoms with E-state index < -0.39 is 11.2 Å². The summed E-state index contributed by atoms with van der Waals surface area (Å²) in [6, 6.07) is 16.9. The van der Waals surface area contributed by atoms with Gasteiger partial charge in [0.25, 0.3) is 5.56 Å². The first-order chi connectivity index (χ1) is 14.9. The fourth-order valence-electron chi connectivity index (χ4n) is 4.00. The second kappa shape index (κ2) is 6.92. The zero-order valence-corrected chi connectivity index (χ0v) is 17.9. The van der Waals surface area contributed by atoms with Gasteiger partial charge < -0.3 is 0 Å². The number of benzene rings is 2. The lowest BCUT2D eigenvalue weighted by molar-refractivity contribution is 0.708. The van der Waals surface area contributed by atoms with Crippen LogP contribution in [0.3, 0.4) is 0 Å². The van der Waals surface area contributed by atoms with Crippen molar-refractivity contribution in [3.8, 4) is 16.8 Å². The predicted octanol–water partition coefficient (Wildman–Crippen LogP) is 3.60. The normalized spacial score (nSPS) is 11.5. The second-order valence-electron chi connectivity index (χ2n) is 7.40. The first kappa shape index (κ1) is 19.3. The molecule has 3 aromatic heterocycles. The average Bonchev–Trinajstić information content (AvgIpc) is 3.12. The maximum atomic E-state index is 13.3. The summed E-state index contributed by atoms with van der Waals surface area (Å²) in [5.74, 6) is 0. The summed E-state index contributed by atoms with van der Waals surface area (Å²) in [5, 5.41) is 6.27. The van der Waals surface area contributed by atoms with Crippen LogP contribution in [0.5, 0.6) is 0 Å². The Morgan fingerprint density at radius 1 is 0.839 bits per heavy atom. The van der Waals surface area contributed by atoms with Gasteiger partial charge in [-0.05, 0) is 25.1 Å². The number of nitrogens with zero attached hydrogens (tertiary/aromatic N) is 5. The van der Waals surface area contributed by atoms with Gasteiger partial charge in [-0.25, -0.2) is 14.5 Å². The van der Waals surface area contributed by atoms with E-state index in [2.05, 4.69) is 0 Å². The molecule has 2 aromatic carbocycles. The summed E-state index contributed by atoms with van der Waals surface area (Å²) in [4.78, 5) is 30.7. The molecule has 0 aliphatic carbocycles. The number of aryl methyl sites for hydroxylation is 2. The largest absolute Gasteiger partial charge is 0.332 e. The van der Waals surface area contributed by atoms with Crippen LogP contribution in [0.2, 0.25) is 5.02 Å². The van der Waals surface area contributed by atoms with Crippen LogP contribution in [-0.2, 0) is 14.1 Å². The SMILES string of the molecule is Cc1nn(-c2ccccc2)c2nc3c(c(-c4ccccc4Cl)c12)c(=O)n(C)c(=O)n3C. The van der Waals surface area contributed by atoms with E-state index in [-0.39, 0.29) is 5.65 Å². The van der Waals surface area contributed by atoms with E-state index in [4.69, 9.17) is 21.7 Å². The number of halogens is 1. The van der Waals surface area contributed by atoms with Gasteiger partial charge in [0.1, 0.15) is 0 Å². The summed E-state index contributed by atoms with van der Waals surface area (Å²) in [5.41, 5.74) is 2.81. The summed E-state index contributed by atoms with van der Waals surface area (Å²) in [7, 11) is 3.07.